The molecule has 14 heavy (non-hydrogen) atoms. The highest BCUT2D eigenvalue weighted by Crippen LogP contribution is 2.06. The number of hydrogen-bond donors (Lipinski definition) is 2. The van der Waals surface area contributed by atoms with Crippen LogP contribution in [0.3, 0.4) is 0 Å². The third-order valence-corrected chi connectivity index (χ3v) is 2.48. The lowest BCUT2D eigenvalue weighted by Gasteiger charge is -2.29. The van der Waals surface area contributed by atoms with Crippen molar-refractivity contribution >= 4 is 5.91 Å². The molecule has 0 spiro atoms. The zero-order valence-electron chi connectivity index (χ0n) is 8.96. The minimum absolute atomic E-state index is 0.126. The summed E-state index contributed by atoms with van der Waals surface area (Å²) in [7, 11) is 0. The number of piperidine rings is 1. The average Bonchev–Trinajstić information content (AvgIpc) is 2.15. The fourth-order valence-corrected chi connectivity index (χ4v) is 1.76. The monoisotopic (exact) mass is 199 g/mol. The number of nitrogens with one attached hydrogen (secondary N) is 1. The summed E-state index contributed by atoms with van der Waals surface area (Å²) in [5, 5.41) is 2.87. The summed E-state index contributed by atoms with van der Waals surface area (Å²) in [4.78, 5) is 13.5. The summed E-state index contributed by atoms with van der Waals surface area (Å²) in [5.74, 6) is 0.126. The van der Waals surface area contributed by atoms with E-state index in [1.54, 1.807) is 0 Å². The Kier molecular flexibility index (Phi) is 4.90. The summed E-state index contributed by atoms with van der Waals surface area (Å²) >= 11 is 0. The predicted molar refractivity (Wildman–Crippen MR) is 57.0 cm³/mol. The van der Waals surface area contributed by atoms with Crippen molar-refractivity contribution in [1.29, 1.82) is 0 Å². The van der Waals surface area contributed by atoms with Crippen LogP contribution in [0.5, 0.6) is 0 Å². The molecule has 1 aliphatic heterocycles. The fraction of sp³-hybridized carbons (Fsp3) is 0.900. The van der Waals surface area contributed by atoms with E-state index in [1.165, 1.54) is 0 Å². The van der Waals surface area contributed by atoms with E-state index in [4.69, 9.17) is 5.73 Å². The molecule has 4 heteroatoms. The first-order valence-corrected chi connectivity index (χ1v) is 5.47. The first kappa shape index (κ1) is 11.5. The van der Waals surface area contributed by atoms with Gasteiger partial charge in [0.2, 0.25) is 5.91 Å². The Morgan fingerprint density at radius 1 is 1.64 bits per heavy atom. The van der Waals surface area contributed by atoms with E-state index in [-0.39, 0.29) is 11.9 Å². The highest BCUT2D eigenvalue weighted by atomic mass is 16.2. The van der Waals surface area contributed by atoms with Crippen LogP contribution in [-0.4, -0.2) is 43.0 Å². The van der Waals surface area contributed by atoms with Gasteiger partial charge in [-0.15, -0.1) is 0 Å². The normalized spacial score (nSPS) is 23.4. The standard InChI is InChI=1S/C10H21N3O/c1-2-5-12-10(14)8-13-6-3-4-9(11)7-13/h9H,2-8,11H2,1H3,(H,12,14). The van der Waals surface area contributed by atoms with Crippen LogP contribution in [0.15, 0.2) is 0 Å². The highest BCUT2D eigenvalue weighted by Gasteiger charge is 2.18. The molecule has 1 atom stereocenters. The third-order valence-electron chi connectivity index (χ3n) is 2.48. The molecule has 0 aromatic rings. The van der Waals surface area contributed by atoms with Gasteiger partial charge in [-0.2, -0.15) is 0 Å². The van der Waals surface area contributed by atoms with E-state index >= 15 is 0 Å². The minimum Gasteiger partial charge on any atom is -0.355 e. The van der Waals surface area contributed by atoms with Crippen molar-refractivity contribution in [3.8, 4) is 0 Å². The Bertz CT molecular complexity index is 184. The smallest absolute Gasteiger partial charge is 0.234 e. The van der Waals surface area contributed by atoms with Gasteiger partial charge in [0, 0.05) is 19.1 Å². The molecular formula is C10H21N3O. The van der Waals surface area contributed by atoms with Gasteiger partial charge < -0.3 is 11.1 Å². The number of amides is 1. The molecule has 82 valence electrons. The Hall–Kier alpha value is -0.610. The first-order chi connectivity index (χ1) is 6.72. The summed E-state index contributed by atoms with van der Waals surface area (Å²) in [6.07, 6.45) is 3.19. The lowest BCUT2D eigenvalue weighted by molar-refractivity contribution is -0.122. The number of rotatable bonds is 4. The van der Waals surface area contributed by atoms with E-state index in [0.29, 0.717) is 6.54 Å². The van der Waals surface area contributed by atoms with Crippen LogP contribution in [-0.2, 0) is 4.79 Å². The molecule has 0 aromatic carbocycles. The topological polar surface area (TPSA) is 58.4 Å². The van der Waals surface area contributed by atoms with Crippen molar-refractivity contribution in [1.82, 2.24) is 10.2 Å². The molecule has 0 radical (unpaired) electrons. The maximum atomic E-state index is 11.4. The Balaban J connectivity index is 2.18. The third kappa shape index (κ3) is 4.07. The quantitative estimate of drug-likeness (QED) is 0.666. The molecule has 0 aromatic heterocycles. The zero-order chi connectivity index (χ0) is 10.4. The Labute approximate surface area is 85.8 Å². The average molecular weight is 199 g/mol. The van der Waals surface area contributed by atoms with Crippen molar-refractivity contribution in [2.45, 2.75) is 32.2 Å². The summed E-state index contributed by atoms with van der Waals surface area (Å²) < 4.78 is 0. The number of nitrogens with zero attached hydrogens (tertiary/aromatic N) is 1. The predicted octanol–water partition coefficient (Wildman–Crippen LogP) is -0.0643. The van der Waals surface area contributed by atoms with Crippen molar-refractivity contribution in [3.05, 3.63) is 0 Å². The van der Waals surface area contributed by atoms with Crippen molar-refractivity contribution < 1.29 is 4.79 Å². The molecule has 1 saturated heterocycles. The summed E-state index contributed by atoms with van der Waals surface area (Å²) in [6, 6.07) is 0.253. The van der Waals surface area contributed by atoms with E-state index < -0.39 is 0 Å². The molecule has 0 aliphatic carbocycles. The van der Waals surface area contributed by atoms with Crippen LogP contribution in [0.25, 0.3) is 0 Å². The van der Waals surface area contributed by atoms with Crippen LogP contribution in [0.4, 0.5) is 0 Å². The number of likely N-dealkylation sites (tertiary alicyclic amines) is 1. The molecule has 1 rings (SSSR count). The molecule has 3 N–H and O–H groups in total. The first-order valence-electron chi connectivity index (χ1n) is 5.47. The maximum absolute atomic E-state index is 11.4. The van der Waals surface area contributed by atoms with Crippen LogP contribution < -0.4 is 11.1 Å². The van der Waals surface area contributed by atoms with Gasteiger partial charge in [-0.1, -0.05) is 6.92 Å². The van der Waals surface area contributed by atoms with E-state index in [2.05, 4.69) is 17.1 Å². The van der Waals surface area contributed by atoms with Gasteiger partial charge in [-0.3, -0.25) is 9.69 Å². The summed E-state index contributed by atoms with van der Waals surface area (Å²) in [6.45, 7) is 5.20. The zero-order valence-corrected chi connectivity index (χ0v) is 8.96. The fourth-order valence-electron chi connectivity index (χ4n) is 1.76. The van der Waals surface area contributed by atoms with Gasteiger partial charge in [-0.25, -0.2) is 0 Å². The maximum Gasteiger partial charge on any atom is 0.234 e. The van der Waals surface area contributed by atoms with E-state index in [9.17, 15) is 4.79 Å². The molecule has 4 nitrogen and oxygen atoms in total. The Morgan fingerprint density at radius 2 is 2.43 bits per heavy atom. The van der Waals surface area contributed by atoms with Gasteiger partial charge in [0.05, 0.1) is 6.54 Å². The SMILES string of the molecule is CCCNC(=O)CN1CCCC(N)C1. The lowest BCUT2D eigenvalue weighted by Crippen LogP contribution is -2.47. The van der Waals surface area contributed by atoms with Gasteiger partial charge in [0.15, 0.2) is 0 Å². The Morgan fingerprint density at radius 3 is 3.07 bits per heavy atom. The largest absolute Gasteiger partial charge is 0.355 e. The molecule has 1 unspecified atom stereocenters. The molecule has 1 fully saturated rings. The van der Waals surface area contributed by atoms with Crippen molar-refractivity contribution in [2.75, 3.05) is 26.2 Å². The molecule has 1 heterocycles. The number of carbonyl (C=O) groups is 1. The lowest BCUT2D eigenvalue weighted by atomic mass is 10.1. The molecule has 0 bridgehead atoms. The number of carbonyl (C=O) groups excluding carboxylic acids is 1. The van der Waals surface area contributed by atoms with Gasteiger partial charge in [0.25, 0.3) is 0 Å². The highest BCUT2D eigenvalue weighted by molar-refractivity contribution is 5.77. The minimum atomic E-state index is 0.126. The molecular weight excluding hydrogens is 178 g/mol. The van der Waals surface area contributed by atoms with Crippen LogP contribution in [0, 0.1) is 0 Å². The second-order valence-electron chi connectivity index (χ2n) is 3.99. The van der Waals surface area contributed by atoms with E-state index in [1.807, 2.05) is 0 Å². The van der Waals surface area contributed by atoms with Gasteiger partial charge in [-0.05, 0) is 25.8 Å². The number of hydrogen-bond acceptors (Lipinski definition) is 3. The van der Waals surface area contributed by atoms with Crippen molar-refractivity contribution in [3.63, 3.8) is 0 Å². The van der Waals surface area contributed by atoms with Crippen LogP contribution in [0.2, 0.25) is 0 Å². The van der Waals surface area contributed by atoms with Gasteiger partial charge in [0.1, 0.15) is 0 Å². The molecule has 1 amide bonds. The van der Waals surface area contributed by atoms with Crippen LogP contribution in [0.1, 0.15) is 26.2 Å². The van der Waals surface area contributed by atoms with Crippen LogP contribution >= 0.6 is 0 Å². The molecule has 0 saturated carbocycles. The summed E-state index contributed by atoms with van der Waals surface area (Å²) in [5.41, 5.74) is 5.83. The second kappa shape index (κ2) is 5.98. The number of nitrogens with two attached hydrogens (primary N) is 1. The van der Waals surface area contributed by atoms with E-state index in [0.717, 1.165) is 38.9 Å². The van der Waals surface area contributed by atoms with Gasteiger partial charge >= 0.3 is 0 Å². The van der Waals surface area contributed by atoms with Crippen molar-refractivity contribution in [2.24, 2.45) is 5.73 Å². The second-order valence-corrected chi connectivity index (χ2v) is 3.99. The molecule has 1 aliphatic rings.